The summed E-state index contributed by atoms with van der Waals surface area (Å²) in [5.74, 6) is -0.243. The second-order valence-electron chi connectivity index (χ2n) is 4.99. The third-order valence-corrected chi connectivity index (χ3v) is 3.15. The minimum absolute atomic E-state index is 0.0257. The molecule has 1 aliphatic rings. The molecule has 102 valence electrons. The highest BCUT2D eigenvalue weighted by Crippen LogP contribution is 2.26. The molecule has 2 rings (SSSR count). The summed E-state index contributed by atoms with van der Waals surface area (Å²) in [4.78, 5) is 23.3. The summed E-state index contributed by atoms with van der Waals surface area (Å²) in [5.41, 5.74) is 2.53. The quantitative estimate of drug-likeness (QED) is 0.778. The van der Waals surface area contributed by atoms with Crippen LogP contribution in [0, 0.1) is 0 Å². The maximum Gasteiger partial charge on any atom is 0.309 e. The van der Waals surface area contributed by atoms with Crippen LogP contribution in [-0.2, 0) is 27.1 Å². The van der Waals surface area contributed by atoms with Crippen LogP contribution in [0.25, 0.3) is 0 Å². The normalized spacial score (nSPS) is 17.7. The number of ketones is 1. The topological polar surface area (TPSA) is 52.6 Å². The maximum absolute atomic E-state index is 12.1. The number of Topliss-reactive ketones (excluding diaryl/α,β-unsaturated/α-hetero) is 1. The minimum Gasteiger partial charge on any atom is -0.469 e. The SMILES string of the molecule is COC(=O)Cc1ccc2c(c1)CC(OC(C)C)C2=O. The van der Waals surface area contributed by atoms with Crippen molar-refractivity contribution in [2.75, 3.05) is 7.11 Å². The third-order valence-electron chi connectivity index (χ3n) is 3.15. The summed E-state index contributed by atoms with van der Waals surface area (Å²) in [5, 5.41) is 0. The molecule has 4 nitrogen and oxygen atoms in total. The van der Waals surface area contributed by atoms with E-state index in [9.17, 15) is 9.59 Å². The van der Waals surface area contributed by atoms with Crippen molar-refractivity contribution in [2.24, 2.45) is 0 Å². The van der Waals surface area contributed by atoms with Crippen molar-refractivity contribution < 1.29 is 19.1 Å². The summed E-state index contributed by atoms with van der Waals surface area (Å²) >= 11 is 0. The summed E-state index contributed by atoms with van der Waals surface area (Å²) < 4.78 is 10.2. The van der Waals surface area contributed by atoms with E-state index in [1.165, 1.54) is 7.11 Å². The van der Waals surface area contributed by atoms with Crippen molar-refractivity contribution in [1.82, 2.24) is 0 Å². The van der Waals surface area contributed by atoms with Crippen molar-refractivity contribution in [2.45, 2.75) is 38.9 Å². The molecule has 0 saturated carbocycles. The van der Waals surface area contributed by atoms with Crippen LogP contribution in [0.4, 0.5) is 0 Å². The molecule has 1 aliphatic carbocycles. The molecule has 1 unspecified atom stereocenters. The Morgan fingerprint density at radius 2 is 2.16 bits per heavy atom. The van der Waals surface area contributed by atoms with E-state index in [1.807, 2.05) is 19.9 Å². The van der Waals surface area contributed by atoms with Gasteiger partial charge in [-0.15, -0.1) is 0 Å². The van der Waals surface area contributed by atoms with E-state index in [0.29, 0.717) is 12.0 Å². The molecular formula is C15H18O4. The smallest absolute Gasteiger partial charge is 0.309 e. The number of methoxy groups -OCH3 is 1. The van der Waals surface area contributed by atoms with Crippen LogP contribution in [0.5, 0.6) is 0 Å². The number of fused-ring (bicyclic) bond motifs is 1. The fraction of sp³-hybridized carbons (Fsp3) is 0.467. The second kappa shape index (κ2) is 5.53. The number of carbonyl (C=O) groups is 2. The van der Waals surface area contributed by atoms with Crippen LogP contribution in [0.3, 0.4) is 0 Å². The van der Waals surface area contributed by atoms with Crippen LogP contribution in [0.2, 0.25) is 0 Å². The number of esters is 1. The van der Waals surface area contributed by atoms with Crippen molar-refractivity contribution in [3.63, 3.8) is 0 Å². The standard InChI is InChI=1S/C15H18O4/c1-9(2)19-13-8-11-6-10(7-14(16)18-3)4-5-12(11)15(13)17/h4-6,9,13H,7-8H2,1-3H3. The van der Waals surface area contributed by atoms with Gasteiger partial charge < -0.3 is 9.47 Å². The van der Waals surface area contributed by atoms with Crippen LogP contribution in [0.15, 0.2) is 18.2 Å². The summed E-state index contributed by atoms with van der Waals surface area (Å²) in [7, 11) is 1.37. The Labute approximate surface area is 112 Å². The maximum atomic E-state index is 12.1. The van der Waals surface area contributed by atoms with Gasteiger partial charge >= 0.3 is 5.97 Å². The molecule has 1 aromatic carbocycles. The highest BCUT2D eigenvalue weighted by molar-refractivity contribution is 6.04. The predicted octanol–water partition coefficient (Wildman–Crippen LogP) is 1.93. The predicted molar refractivity (Wildman–Crippen MR) is 70.2 cm³/mol. The minimum atomic E-state index is -0.386. The average molecular weight is 262 g/mol. The molecule has 0 fully saturated rings. The average Bonchev–Trinajstić information content (AvgIpc) is 2.65. The van der Waals surface area contributed by atoms with E-state index in [-0.39, 0.29) is 30.4 Å². The molecule has 1 aromatic rings. The van der Waals surface area contributed by atoms with Gasteiger partial charge in [0.15, 0.2) is 5.78 Å². The lowest BCUT2D eigenvalue weighted by Crippen LogP contribution is -2.23. The molecular weight excluding hydrogens is 244 g/mol. The lowest BCUT2D eigenvalue weighted by molar-refractivity contribution is -0.139. The lowest BCUT2D eigenvalue weighted by atomic mass is 10.0. The molecule has 0 aromatic heterocycles. The molecule has 0 bridgehead atoms. The highest BCUT2D eigenvalue weighted by Gasteiger charge is 2.31. The van der Waals surface area contributed by atoms with Crippen molar-refractivity contribution in [1.29, 1.82) is 0 Å². The number of ether oxygens (including phenoxy) is 2. The Bertz CT molecular complexity index is 505. The zero-order valence-corrected chi connectivity index (χ0v) is 11.4. The van der Waals surface area contributed by atoms with Gasteiger partial charge in [0.2, 0.25) is 0 Å². The number of hydrogen-bond acceptors (Lipinski definition) is 4. The van der Waals surface area contributed by atoms with Crippen molar-refractivity contribution >= 4 is 11.8 Å². The summed E-state index contributed by atoms with van der Waals surface area (Å²) in [6.45, 7) is 3.83. The summed E-state index contributed by atoms with van der Waals surface area (Å²) in [6, 6.07) is 5.47. The molecule has 4 heteroatoms. The molecule has 19 heavy (non-hydrogen) atoms. The molecule has 1 atom stereocenters. The molecule has 0 aliphatic heterocycles. The van der Waals surface area contributed by atoms with E-state index in [2.05, 4.69) is 4.74 Å². The Morgan fingerprint density at radius 1 is 1.42 bits per heavy atom. The van der Waals surface area contributed by atoms with Crippen LogP contribution < -0.4 is 0 Å². The van der Waals surface area contributed by atoms with Gasteiger partial charge in [-0.2, -0.15) is 0 Å². The molecule has 0 heterocycles. The van der Waals surface area contributed by atoms with Crippen molar-refractivity contribution in [3.8, 4) is 0 Å². The monoisotopic (exact) mass is 262 g/mol. The number of rotatable bonds is 4. The molecule has 0 saturated heterocycles. The largest absolute Gasteiger partial charge is 0.469 e. The van der Waals surface area contributed by atoms with Crippen LogP contribution in [-0.4, -0.2) is 31.1 Å². The van der Waals surface area contributed by atoms with Crippen LogP contribution >= 0.6 is 0 Å². The first-order valence-corrected chi connectivity index (χ1v) is 6.39. The van der Waals surface area contributed by atoms with Gasteiger partial charge in [0.25, 0.3) is 0 Å². The number of benzene rings is 1. The summed E-state index contributed by atoms with van der Waals surface area (Å²) in [6.07, 6.45) is 0.454. The van der Waals surface area contributed by atoms with Gasteiger partial charge in [-0.25, -0.2) is 0 Å². The Kier molecular flexibility index (Phi) is 4.00. The van der Waals surface area contributed by atoms with E-state index >= 15 is 0 Å². The first-order chi connectivity index (χ1) is 9.01. The fourth-order valence-corrected chi connectivity index (χ4v) is 2.31. The van der Waals surface area contributed by atoms with Gasteiger partial charge in [-0.3, -0.25) is 9.59 Å². The first-order valence-electron chi connectivity index (χ1n) is 6.39. The Hall–Kier alpha value is -1.68. The van der Waals surface area contributed by atoms with Gasteiger partial charge in [0.1, 0.15) is 6.10 Å². The Morgan fingerprint density at radius 3 is 2.79 bits per heavy atom. The third kappa shape index (κ3) is 3.01. The van der Waals surface area contributed by atoms with E-state index in [4.69, 9.17) is 4.74 Å². The Balaban J connectivity index is 2.16. The van der Waals surface area contributed by atoms with E-state index < -0.39 is 0 Å². The molecule has 0 amide bonds. The molecule has 0 spiro atoms. The van der Waals surface area contributed by atoms with Gasteiger partial charge in [0.05, 0.1) is 19.6 Å². The number of hydrogen-bond donors (Lipinski definition) is 0. The lowest BCUT2D eigenvalue weighted by Gasteiger charge is -2.12. The van der Waals surface area contributed by atoms with Gasteiger partial charge in [-0.05, 0) is 25.0 Å². The van der Waals surface area contributed by atoms with Crippen LogP contribution in [0.1, 0.15) is 35.3 Å². The van der Waals surface area contributed by atoms with E-state index in [0.717, 1.165) is 11.1 Å². The fourth-order valence-electron chi connectivity index (χ4n) is 2.31. The highest BCUT2D eigenvalue weighted by atomic mass is 16.5. The van der Waals surface area contributed by atoms with E-state index in [1.54, 1.807) is 12.1 Å². The van der Waals surface area contributed by atoms with Gasteiger partial charge in [0, 0.05) is 12.0 Å². The zero-order chi connectivity index (χ0) is 14.0. The van der Waals surface area contributed by atoms with Gasteiger partial charge in [-0.1, -0.05) is 18.2 Å². The van der Waals surface area contributed by atoms with Crippen molar-refractivity contribution in [3.05, 3.63) is 34.9 Å². The second-order valence-corrected chi connectivity index (χ2v) is 4.99. The molecule has 0 N–H and O–H groups in total. The molecule has 0 radical (unpaired) electrons. The number of carbonyl (C=O) groups excluding carboxylic acids is 2. The zero-order valence-electron chi connectivity index (χ0n) is 11.4. The first kappa shape index (κ1) is 13.7.